The molecule has 0 N–H and O–H groups in total. The number of rotatable bonds is 4. The Labute approximate surface area is 291 Å². The Morgan fingerprint density at radius 3 is 1.92 bits per heavy atom. The molecule has 0 saturated carbocycles. The van der Waals surface area contributed by atoms with Crippen LogP contribution in [0.3, 0.4) is 0 Å². The first-order chi connectivity index (χ1) is 24.8. The largest absolute Gasteiger partial charge is 0.457 e. The summed E-state index contributed by atoms with van der Waals surface area (Å²) in [6, 6.07) is 49.4. The predicted molar refractivity (Wildman–Crippen MR) is 199 cm³/mol. The van der Waals surface area contributed by atoms with Gasteiger partial charge in [0.1, 0.15) is 17.3 Å². The van der Waals surface area contributed by atoms with Gasteiger partial charge in [-0.05, 0) is 70.1 Å². The summed E-state index contributed by atoms with van der Waals surface area (Å²) in [4.78, 5) is 14.9. The van der Waals surface area contributed by atoms with E-state index < -0.39 is 5.41 Å². The summed E-state index contributed by atoms with van der Waals surface area (Å²) in [6.45, 7) is 0. The molecule has 2 aromatic heterocycles. The molecular formula is C46H31N3O. The molecule has 7 aromatic rings. The highest BCUT2D eigenvalue weighted by atomic mass is 16.5. The van der Waals surface area contributed by atoms with Crippen LogP contribution in [-0.4, -0.2) is 15.0 Å². The first kappa shape index (κ1) is 28.6. The normalized spacial score (nSPS) is 15.9. The van der Waals surface area contributed by atoms with Gasteiger partial charge < -0.3 is 4.74 Å². The van der Waals surface area contributed by atoms with Gasteiger partial charge in [-0.15, -0.1) is 0 Å². The highest BCUT2D eigenvalue weighted by molar-refractivity contribution is 5.90. The molecule has 3 aliphatic rings. The first-order valence-electron chi connectivity index (χ1n) is 17.1. The Morgan fingerprint density at radius 2 is 1.18 bits per heavy atom. The third kappa shape index (κ3) is 4.28. The van der Waals surface area contributed by atoms with Crippen molar-refractivity contribution in [3.63, 3.8) is 0 Å². The van der Waals surface area contributed by atoms with E-state index in [1.807, 2.05) is 24.4 Å². The molecule has 0 saturated heterocycles. The molecule has 1 atom stereocenters. The van der Waals surface area contributed by atoms with Gasteiger partial charge >= 0.3 is 0 Å². The quantitative estimate of drug-likeness (QED) is 0.192. The van der Waals surface area contributed by atoms with Crippen LogP contribution in [-0.2, 0) is 5.41 Å². The van der Waals surface area contributed by atoms with Gasteiger partial charge in [0, 0.05) is 28.8 Å². The van der Waals surface area contributed by atoms with Crippen LogP contribution in [0.25, 0.3) is 44.9 Å². The molecule has 0 amide bonds. The van der Waals surface area contributed by atoms with E-state index in [1.54, 1.807) is 0 Å². The van der Waals surface area contributed by atoms with Crippen molar-refractivity contribution in [2.75, 3.05) is 0 Å². The SMILES string of the molecule is C1=CCC(c2nc(-c3ccccn3)cc(-c3ccccc3-c3ccc4c(c3)Oc3ccccc3C43c4ccccc4-c4ccccc43)n2)C=C1. The molecular weight excluding hydrogens is 611 g/mol. The van der Waals surface area contributed by atoms with E-state index >= 15 is 0 Å². The zero-order chi connectivity index (χ0) is 33.1. The van der Waals surface area contributed by atoms with Crippen LogP contribution in [0.5, 0.6) is 11.5 Å². The van der Waals surface area contributed by atoms with Crippen molar-refractivity contribution in [2.45, 2.75) is 17.8 Å². The molecule has 2 aliphatic carbocycles. The lowest BCUT2D eigenvalue weighted by molar-refractivity contribution is 0.436. The van der Waals surface area contributed by atoms with Crippen LogP contribution in [0.2, 0.25) is 0 Å². The van der Waals surface area contributed by atoms with Gasteiger partial charge in [0.05, 0.1) is 22.5 Å². The third-order valence-corrected chi connectivity index (χ3v) is 10.3. The molecule has 50 heavy (non-hydrogen) atoms. The van der Waals surface area contributed by atoms with E-state index in [4.69, 9.17) is 14.7 Å². The van der Waals surface area contributed by atoms with Gasteiger partial charge in [-0.1, -0.05) is 133 Å². The first-order valence-corrected chi connectivity index (χ1v) is 17.1. The molecule has 0 fully saturated rings. The number of fused-ring (bicyclic) bond motifs is 9. The minimum Gasteiger partial charge on any atom is -0.457 e. The number of nitrogens with zero attached hydrogens (tertiary/aromatic N) is 3. The van der Waals surface area contributed by atoms with Crippen molar-refractivity contribution in [3.05, 3.63) is 198 Å². The molecule has 0 radical (unpaired) electrons. The monoisotopic (exact) mass is 641 g/mol. The summed E-state index contributed by atoms with van der Waals surface area (Å²) in [5.74, 6) is 2.63. The van der Waals surface area contributed by atoms with Crippen LogP contribution in [0.15, 0.2) is 170 Å². The fourth-order valence-corrected chi connectivity index (χ4v) is 8.17. The van der Waals surface area contributed by atoms with E-state index in [-0.39, 0.29) is 5.92 Å². The van der Waals surface area contributed by atoms with Gasteiger partial charge in [0.25, 0.3) is 0 Å². The summed E-state index contributed by atoms with van der Waals surface area (Å²) in [5.41, 5.74) is 12.6. The maximum Gasteiger partial charge on any atom is 0.136 e. The number of pyridine rings is 1. The van der Waals surface area contributed by atoms with Crippen molar-refractivity contribution in [2.24, 2.45) is 0 Å². The standard InChI is InChI=1S/C46H31N3O/c1-2-14-30(15-3-1)45-48-41(29-42(49-45)40-23-12-13-27-47-40)35-19-5-4-16-32(35)31-25-26-39-44(28-31)50-43-24-11-10-22-38(43)46(39)36-20-8-6-17-33(36)34-18-7-9-21-37(34)46/h1-14,16-30H,15H2. The highest BCUT2D eigenvalue weighted by Crippen LogP contribution is 2.62. The molecule has 5 aromatic carbocycles. The minimum absolute atomic E-state index is 0.0974. The van der Waals surface area contributed by atoms with Gasteiger partial charge in [-0.25, -0.2) is 9.97 Å². The number of hydrogen-bond acceptors (Lipinski definition) is 4. The summed E-state index contributed by atoms with van der Waals surface area (Å²) < 4.78 is 6.83. The van der Waals surface area contributed by atoms with Crippen LogP contribution in [0.4, 0.5) is 0 Å². The number of benzene rings is 5. The second-order valence-electron chi connectivity index (χ2n) is 13.1. The Kier molecular flexibility index (Phi) is 6.50. The maximum absolute atomic E-state index is 6.83. The van der Waals surface area contributed by atoms with Crippen molar-refractivity contribution in [1.82, 2.24) is 15.0 Å². The lowest BCUT2D eigenvalue weighted by atomic mass is 9.66. The van der Waals surface area contributed by atoms with Gasteiger partial charge in [0.2, 0.25) is 0 Å². The summed E-state index contributed by atoms with van der Waals surface area (Å²) in [5, 5.41) is 0. The number of ether oxygens (including phenoxy) is 1. The Bertz CT molecular complexity index is 2470. The Balaban J connectivity index is 1.16. The lowest BCUT2D eigenvalue weighted by Crippen LogP contribution is -2.32. The highest BCUT2D eigenvalue weighted by Gasteiger charge is 2.50. The fraction of sp³-hybridized carbons (Fsp3) is 0.0652. The molecule has 1 aliphatic heterocycles. The average molecular weight is 642 g/mol. The van der Waals surface area contributed by atoms with Crippen LogP contribution < -0.4 is 4.74 Å². The summed E-state index contributed by atoms with van der Waals surface area (Å²) in [7, 11) is 0. The van der Waals surface area contributed by atoms with E-state index in [1.165, 1.54) is 27.8 Å². The van der Waals surface area contributed by atoms with Gasteiger partial charge in [0.15, 0.2) is 0 Å². The minimum atomic E-state index is -0.490. The van der Waals surface area contributed by atoms with Gasteiger partial charge in [-0.2, -0.15) is 0 Å². The smallest absolute Gasteiger partial charge is 0.136 e. The van der Waals surface area contributed by atoms with Crippen LogP contribution >= 0.6 is 0 Å². The average Bonchev–Trinajstić information content (AvgIpc) is 3.49. The number of allylic oxidation sites excluding steroid dienone is 4. The zero-order valence-electron chi connectivity index (χ0n) is 27.2. The molecule has 1 spiro atoms. The second kappa shape index (κ2) is 11.4. The van der Waals surface area contributed by atoms with Crippen molar-refractivity contribution < 1.29 is 4.74 Å². The number of para-hydroxylation sites is 1. The van der Waals surface area contributed by atoms with Crippen LogP contribution in [0, 0.1) is 0 Å². The molecule has 4 heteroatoms. The molecule has 4 nitrogen and oxygen atoms in total. The molecule has 0 bridgehead atoms. The van der Waals surface area contributed by atoms with Crippen LogP contribution in [0.1, 0.15) is 40.4 Å². The van der Waals surface area contributed by atoms with Gasteiger partial charge in [-0.3, -0.25) is 4.98 Å². The third-order valence-electron chi connectivity index (χ3n) is 10.3. The van der Waals surface area contributed by atoms with E-state index in [0.29, 0.717) is 0 Å². The fourth-order valence-electron chi connectivity index (χ4n) is 8.17. The summed E-state index contributed by atoms with van der Waals surface area (Å²) >= 11 is 0. The van der Waals surface area contributed by atoms with Crippen molar-refractivity contribution in [1.29, 1.82) is 0 Å². The molecule has 3 heterocycles. The number of aromatic nitrogens is 3. The van der Waals surface area contributed by atoms with Crippen molar-refractivity contribution in [3.8, 4) is 56.4 Å². The maximum atomic E-state index is 6.83. The molecule has 10 rings (SSSR count). The predicted octanol–water partition coefficient (Wildman–Crippen LogP) is 10.9. The lowest BCUT2D eigenvalue weighted by Gasteiger charge is -2.39. The topological polar surface area (TPSA) is 47.9 Å². The van der Waals surface area contributed by atoms with E-state index in [9.17, 15) is 0 Å². The van der Waals surface area contributed by atoms with E-state index in [0.717, 1.165) is 63.1 Å². The Morgan fingerprint density at radius 1 is 0.520 bits per heavy atom. The summed E-state index contributed by atoms with van der Waals surface area (Å²) in [6.07, 6.45) is 11.2. The second-order valence-corrected chi connectivity index (χ2v) is 13.1. The Hall–Kier alpha value is -6.39. The zero-order valence-corrected chi connectivity index (χ0v) is 27.2. The number of hydrogen-bond donors (Lipinski definition) is 0. The van der Waals surface area contributed by atoms with Crippen molar-refractivity contribution >= 4 is 0 Å². The molecule has 236 valence electrons. The van der Waals surface area contributed by atoms with E-state index in [2.05, 4.69) is 151 Å². The molecule has 1 unspecified atom stereocenters.